The van der Waals surface area contributed by atoms with E-state index in [9.17, 15) is 0 Å². The zero-order valence-corrected chi connectivity index (χ0v) is 43.2. The molecule has 0 amide bonds. The number of thiophene rings is 1. The van der Waals surface area contributed by atoms with Crippen molar-refractivity contribution in [1.29, 1.82) is 0 Å². The molecule has 346 valence electrons. The maximum absolute atomic E-state index is 2.70. The number of hydrogen-bond acceptors (Lipinski definition) is 3. The number of aryl methyl sites for hydroxylation is 1. The second-order valence-electron chi connectivity index (χ2n) is 23.9. The smallest absolute Gasteiger partial charge is 0.252 e. The van der Waals surface area contributed by atoms with Crippen LogP contribution in [0.2, 0.25) is 0 Å². The third-order valence-corrected chi connectivity index (χ3v) is 18.7. The van der Waals surface area contributed by atoms with Crippen molar-refractivity contribution in [3.8, 4) is 0 Å². The molecule has 3 heterocycles. The summed E-state index contributed by atoms with van der Waals surface area (Å²) in [6, 6.07) is 63.8. The van der Waals surface area contributed by atoms with Gasteiger partial charge in [0.2, 0.25) is 0 Å². The molecule has 70 heavy (non-hydrogen) atoms. The van der Waals surface area contributed by atoms with Gasteiger partial charge in [0.05, 0.1) is 0 Å². The molecule has 2 aliphatic carbocycles. The number of rotatable bonds is 5. The molecule has 2 aliphatic heterocycles. The van der Waals surface area contributed by atoms with Gasteiger partial charge in [-0.15, -0.1) is 11.3 Å². The summed E-state index contributed by atoms with van der Waals surface area (Å²) in [5, 5.41) is 2.63. The molecule has 1 aromatic heterocycles. The first-order valence-electron chi connectivity index (χ1n) is 25.8. The molecule has 4 aliphatic rings. The average Bonchev–Trinajstić information content (AvgIpc) is 3.72. The lowest BCUT2D eigenvalue weighted by Crippen LogP contribution is -2.62. The van der Waals surface area contributed by atoms with E-state index in [2.05, 4.69) is 236 Å². The Kier molecular flexibility index (Phi) is 9.55. The lowest BCUT2D eigenvalue weighted by Gasteiger charge is -2.48. The Morgan fingerprint density at radius 2 is 0.929 bits per heavy atom. The predicted molar refractivity (Wildman–Crippen MR) is 302 cm³/mol. The van der Waals surface area contributed by atoms with Gasteiger partial charge in [0, 0.05) is 60.2 Å². The summed E-state index contributed by atoms with van der Waals surface area (Å²) in [6.07, 6.45) is 4.72. The van der Waals surface area contributed by atoms with Crippen molar-refractivity contribution in [1.82, 2.24) is 0 Å². The number of hydrogen-bond donors (Lipinski definition) is 0. The number of anilines is 6. The van der Waals surface area contributed by atoms with Crippen LogP contribution in [-0.4, -0.2) is 6.71 Å². The van der Waals surface area contributed by atoms with Crippen molar-refractivity contribution in [2.75, 3.05) is 9.80 Å². The van der Waals surface area contributed by atoms with Gasteiger partial charge in [0.25, 0.3) is 6.71 Å². The van der Waals surface area contributed by atoms with E-state index in [4.69, 9.17) is 0 Å². The maximum atomic E-state index is 2.70. The van der Waals surface area contributed by atoms with Crippen LogP contribution >= 0.6 is 11.3 Å². The summed E-state index contributed by atoms with van der Waals surface area (Å²) in [5.74, 6) is 0.0646. The summed E-state index contributed by atoms with van der Waals surface area (Å²) in [7, 11) is 0. The average molecular weight is 927 g/mol. The SMILES string of the molecule is Cc1cc2c3c(c1)N(c1ccc4c(c1)C(C)(C)CCC4(C)C)c1cc4c(cc1B3c1ccc(C(c3ccccc3)c3ccccc3)cc1N2c1ccc2sc3ccccc3c2c1)C(C)(C)CCC4(C)C. The molecule has 0 radical (unpaired) electrons. The van der Waals surface area contributed by atoms with Crippen LogP contribution in [-0.2, 0) is 21.7 Å². The molecule has 0 saturated heterocycles. The van der Waals surface area contributed by atoms with Crippen molar-refractivity contribution in [2.24, 2.45) is 0 Å². The largest absolute Gasteiger partial charge is 0.311 e. The molecule has 0 unspecified atom stereocenters. The molecule has 2 nitrogen and oxygen atoms in total. The molecule has 0 bridgehead atoms. The number of benzene rings is 8. The van der Waals surface area contributed by atoms with Gasteiger partial charge in [-0.3, -0.25) is 0 Å². The van der Waals surface area contributed by atoms with Crippen LogP contribution in [0.25, 0.3) is 20.2 Å². The molecule has 0 atom stereocenters. The fraction of sp³-hybridized carbons (Fsp3) is 0.273. The molecule has 13 rings (SSSR count). The van der Waals surface area contributed by atoms with Gasteiger partial charge in [0.1, 0.15) is 0 Å². The van der Waals surface area contributed by atoms with Gasteiger partial charge < -0.3 is 9.80 Å². The van der Waals surface area contributed by atoms with Crippen LogP contribution in [0.15, 0.2) is 164 Å². The third kappa shape index (κ3) is 6.58. The predicted octanol–water partition coefficient (Wildman–Crippen LogP) is 16.3. The van der Waals surface area contributed by atoms with E-state index >= 15 is 0 Å². The zero-order chi connectivity index (χ0) is 48.1. The van der Waals surface area contributed by atoms with Crippen molar-refractivity contribution >= 4 is 88.7 Å². The monoisotopic (exact) mass is 926 g/mol. The third-order valence-electron chi connectivity index (χ3n) is 17.5. The van der Waals surface area contributed by atoms with Gasteiger partial charge in [-0.25, -0.2) is 0 Å². The van der Waals surface area contributed by atoms with Gasteiger partial charge >= 0.3 is 0 Å². The highest BCUT2D eigenvalue weighted by Gasteiger charge is 2.47. The Hall–Kier alpha value is -6.36. The fourth-order valence-corrected chi connectivity index (χ4v) is 14.5. The number of fused-ring (bicyclic) bond motifs is 9. The Morgan fingerprint density at radius 3 is 1.57 bits per heavy atom. The second kappa shape index (κ2) is 15.3. The zero-order valence-electron chi connectivity index (χ0n) is 42.4. The van der Waals surface area contributed by atoms with Gasteiger partial charge in [-0.2, -0.15) is 0 Å². The molecule has 9 aromatic rings. The molecule has 8 aromatic carbocycles. The molecular weight excluding hydrogens is 864 g/mol. The molecule has 0 saturated carbocycles. The Labute approximate surface area is 420 Å². The summed E-state index contributed by atoms with van der Waals surface area (Å²) in [6.45, 7) is 22.1. The molecule has 0 fully saturated rings. The van der Waals surface area contributed by atoms with Crippen LogP contribution in [0.4, 0.5) is 34.1 Å². The molecule has 0 N–H and O–H groups in total. The van der Waals surface area contributed by atoms with Gasteiger partial charge in [0.15, 0.2) is 0 Å². The van der Waals surface area contributed by atoms with Crippen molar-refractivity contribution in [3.05, 3.63) is 208 Å². The minimum atomic E-state index is 0.0221. The lowest BCUT2D eigenvalue weighted by molar-refractivity contribution is 0.332. The quantitative estimate of drug-likeness (QED) is 0.125. The van der Waals surface area contributed by atoms with E-state index in [1.165, 1.54) is 141 Å². The van der Waals surface area contributed by atoms with Crippen LogP contribution < -0.4 is 26.2 Å². The first-order chi connectivity index (χ1) is 33.6. The summed E-state index contributed by atoms with van der Waals surface area (Å²) >= 11 is 1.89. The van der Waals surface area contributed by atoms with E-state index in [-0.39, 0.29) is 34.3 Å². The lowest BCUT2D eigenvalue weighted by atomic mass is 9.33. The van der Waals surface area contributed by atoms with Gasteiger partial charge in [-0.05, 0) is 176 Å². The highest BCUT2D eigenvalue weighted by atomic mass is 32.1. The normalized spacial score (nSPS) is 17.8. The highest BCUT2D eigenvalue weighted by molar-refractivity contribution is 7.25. The van der Waals surface area contributed by atoms with Crippen LogP contribution in [0.1, 0.15) is 131 Å². The molecule has 4 heteroatoms. The van der Waals surface area contributed by atoms with Crippen LogP contribution in [0, 0.1) is 6.92 Å². The number of nitrogens with zero attached hydrogens (tertiary/aromatic N) is 2. The first kappa shape index (κ1) is 43.6. The topological polar surface area (TPSA) is 6.48 Å². The van der Waals surface area contributed by atoms with E-state index in [1.54, 1.807) is 0 Å². The minimum Gasteiger partial charge on any atom is -0.311 e. The molecular formula is C66H63BN2S. The van der Waals surface area contributed by atoms with Crippen molar-refractivity contribution in [3.63, 3.8) is 0 Å². The van der Waals surface area contributed by atoms with E-state index < -0.39 is 0 Å². The first-order valence-corrected chi connectivity index (χ1v) is 26.6. The highest BCUT2D eigenvalue weighted by Crippen LogP contribution is 2.53. The van der Waals surface area contributed by atoms with Crippen LogP contribution in [0.3, 0.4) is 0 Å². The Morgan fingerprint density at radius 1 is 0.414 bits per heavy atom. The minimum absolute atomic E-state index is 0.0221. The van der Waals surface area contributed by atoms with Crippen molar-refractivity contribution < 1.29 is 0 Å². The van der Waals surface area contributed by atoms with Crippen LogP contribution in [0.5, 0.6) is 0 Å². The van der Waals surface area contributed by atoms with Gasteiger partial charge in [-0.1, -0.05) is 159 Å². The fourth-order valence-electron chi connectivity index (χ4n) is 13.4. The standard InChI is InChI=1S/C66H63BN2S/c1-41-34-57-62-58(35-41)69(46-25-27-49-50(38-46)64(4,5)31-30-63(49,2)3)56-40-52-51(65(6,7)32-33-66(52,8)9)39-54(56)67(62)53-28-24-44(61(42-18-12-10-13-19-42)43-20-14-11-15-21-43)36-55(53)68(57)45-26-29-60-48(37-45)47-22-16-17-23-59(47)70-60/h10-29,34-40,61H,30-33H2,1-9H3. The molecule has 0 spiro atoms. The van der Waals surface area contributed by atoms with E-state index in [0.717, 1.165) is 0 Å². The Balaban J connectivity index is 1.13. The summed E-state index contributed by atoms with van der Waals surface area (Å²) in [4.78, 5) is 5.34. The summed E-state index contributed by atoms with van der Waals surface area (Å²) < 4.78 is 2.65. The van der Waals surface area contributed by atoms with E-state index in [0.29, 0.717) is 0 Å². The summed E-state index contributed by atoms with van der Waals surface area (Å²) in [5.41, 5.74) is 23.2. The second-order valence-corrected chi connectivity index (χ2v) is 25.0. The van der Waals surface area contributed by atoms with E-state index in [1.807, 2.05) is 11.3 Å². The Bertz CT molecular complexity index is 3560. The van der Waals surface area contributed by atoms with Crippen molar-refractivity contribution in [2.45, 2.75) is 116 Å². The maximum Gasteiger partial charge on any atom is 0.252 e.